The van der Waals surface area contributed by atoms with Crippen LogP contribution in [0, 0.1) is 5.92 Å². The fraction of sp³-hybridized carbons (Fsp3) is 0.316. The molecule has 0 saturated carbocycles. The van der Waals surface area contributed by atoms with Crippen LogP contribution in [0.25, 0.3) is 11.1 Å². The molecule has 0 radical (unpaired) electrons. The van der Waals surface area contributed by atoms with Gasteiger partial charge in [-0.1, -0.05) is 54.1 Å². The molecular weight excluding hydrogens is 331 g/mol. The maximum Gasteiger partial charge on any atom is 0.310 e. The van der Waals surface area contributed by atoms with Crippen LogP contribution < -0.4 is 0 Å². The van der Waals surface area contributed by atoms with E-state index in [9.17, 15) is 4.79 Å². The second-order valence-corrected chi connectivity index (χ2v) is 6.80. The quantitative estimate of drug-likeness (QED) is 0.513. The molecule has 0 fully saturated rings. The summed E-state index contributed by atoms with van der Waals surface area (Å²) < 4.78 is 5.08. The SMILES string of the molecule is CCOC(=O)C(C)C(C)(Cl)c1ccc(-c2ccccc2Cl)cc1. The summed E-state index contributed by atoms with van der Waals surface area (Å²) in [4.78, 5) is 11.1. The van der Waals surface area contributed by atoms with Gasteiger partial charge in [-0.05, 0) is 38.0 Å². The second kappa shape index (κ2) is 7.37. The Labute approximate surface area is 147 Å². The van der Waals surface area contributed by atoms with E-state index in [-0.39, 0.29) is 5.97 Å². The molecule has 2 nitrogen and oxygen atoms in total. The van der Waals surface area contributed by atoms with Gasteiger partial charge in [0.25, 0.3) is 0 Å². The zero-order valence-corrected chi connectivity index (χ0v) is 15.0. The van der Waals surface area contributed by atoms with E-state index in [4.69, 9.17) is 27.9 Å². The molecule has 2 atom stereocenters. The van der Waals surface area contributed by atoms with E-state index in [1.54, 1.807) is 13.8 Å². The number of hydrogen-bond donors (Lipinski definition) is 0. The largest absolute Gasteiger partial charge is 0.466 e. The van der Waals surface area contributed by atoms with Gasteiger partial charge in [-0.2, -0.15) is 0 Å². The minimum absolute atomic E-state index is 0.291. The molecule has 0 bridgehead atoms. The number of esters is 1. The Morgan fingerprint density at radius 1 is 1.17 bits per heavy atom. The van der Waals surface area contributed by atoms with Crippen LogP contribution >= 0.6 is 23.2 Å². The van der Waals surface area contributed by atoms with Gasteiger partial charge in [-0.25, -0.2) is 0 Å². The highest BCUT2D eigenvalue weighted by atomic mass is 35.5. The molecule has 0 aromatic heterocycles. The van der Waals surface area contributed by atoms with Gasteiger partial charge in [0.05, 0.1) is 17.4 Å². The molecule has 2 aromatic carbocycles. The molecule has 2 rings (SSSR count). The summed E-state index contributed by atoms with van der Waals surface area (Å²) in [7, 11) is 0. The van der Waals surface area contributed by atoms with Crippen LogP contribution in [0.3, 0.4) is 0 Å². The normalized spacial score (nSPS) is 14.8. The zero-order chi connectivity index (χ0) is 17.0. The van der Waals surface area contributed by atoms with Crippen molar-refractivity contribution in [3.63, 3.8) is 0 Å². The number of carbonyl (C=O) groups excluding carboxylic acids is 1. The van der Waals surface area contributed by atoms with Crippen LogP contribution in [-0.4, -0.2) is 12.6 Å². The number of hydrogen-bond acceptors (Lipinski definition) is 2. The summed E-state index contributed by atoms with van der Waals surface area (Å²) in [6.07, 6.45) is 0. The number of ether oxygens (including phenoxy) is 1. The standard InChI is InChI=1S/C19H20Cl2O2/c1-4-23-18(22)13(2)19(3,21)15-11-9-14(10-12-15)16-7-5-6-8-17(16)20/h5-13H,4H2,1-3H3. The summed E-state index contributed by atoms with van der Waals surface area (Å²) in [5.41, 5.74) is 2.85. The third kappa shape index (κ3) is 3.88. The minimum Gasteiger partial charge on any atom is -0.466 e. The molecule has 0 aliphatic heterocycles. The molecule has 0 aliphatic rings. The van der Waals surface area contributed by atoms with Crippen LogP contribution in [0.2, 0.25) is 5.02 Å². The molecule has 0 amide bonds. The first kappa shape index (κ1) is 17.8. The fourth-order valence-corrected chi connectivity index (χ4v) is 2.87. The first-order valence-electron chi connectivity index (χ1n) is 7.59. The first-order valence-corrected chi connectivity index (χ1v) is 8.34. The average molecular weight is 351 g/mol. The highest BCUT2D eigenvalue weighted by Gasteiger charge is 2.36. The van der Waals surface area contributed by atoms with Gasteiger partial charge in [0, 0.05) is 10.6 Å². The Balaban J connectivity index is 2.28. The molecular formula is C19H20Cl2O2. The maximum absolute atomic E-state index is 12.0. The van der Waals surface area contributed by atoms with E-state index in [0.717, 1.165) is 16.7 Å². The highest BCUT2D eigenvalue weighted by Crippen LogP contribution is 2.38. The lowest BCUT2D eigenvalue weighted by molar-refractivity contribution is -0.148. The lowest BCUT2D eigenvalue weighted by Crippen LogP contribution is -2.31. The van der Waals surface area contributed by atoms with E-state index in [0.29, 0.717) is 11.6 Å². The molecule has 0 N–H and O–H groups in total. The van der Waals surface area contributed by atoms with Gasteiger partial charge in [0.2, 0.25) is 0 Å². The van der Waals surface area contributed by atoms with Crippen molar-refractivity contribution in [1.82, 2.24) is 0 Å². The second-order valence-electron chi connectivity index (χ2n) is 5.61. The molecule has 0 saturated heterocycles. The third-order valence-corrected chi connectivity index (χ3v) is 4.96. The zero-order valence-electron chi connectivity index (χ0n) is 13.5. The van der Waals surface area contributed by atoms with Crippen molar-refractivity contribution in [3.05, 3.63) is 59.1 Å². The number of carbonyl (C=O) groups is 1. The Hall–Kier alpha value is -1.51. The molecule has 122 valence electrons. The Morgan fingerprint density at radius 3 is 2.35 bits per heavy atom. The number of benzene rings is 2. The van der Waals surface area contributed by atoms with Gasteiger partial charge in [0.1, 0.15) is 0 Å². The topological polar surface area (TPSA) is 26.3 Å². The lowest BCUT2D eigenvalue weighted by atomic mass is 9.87. The minimum atomic E-state index is -0.828. The van der Waals surface area contributed by atoms with Crippen molar-refractivity contribution in [2.24, 2.45) is 5.92 Å². The van der Waals surface area contributed by atoms with Crippen molar-refractivity contribution in [1.29, 1.82) is 0 Å². The Kier molecular flexibility index (Phi) is 5.72. The van der Waals surface area contributed by atoms with Gasteiger partial charge >= 0.3 is 5.97 Å². The molecule has 4 heteroatoms. The smallest absolute Gasteiger partial charge is 0.310 e. The fourth-order valence-electron chi connectivity index (χ4n) is 2.41. The number of rotatable bonds is 5. The summed E-state index contributed by atoms with van der Waals surface area (Å²) >= 11 is 12.9. The Bertz CT molecular complexity index is 678. The predicted octanol–water partition coefficient (Wildman–Crippen LogP) is 5.66. The third-order valence-electron chi connectivity index (χ3n) is 4.09. The van der Waals surface area contributed by atoms with Crippen LogP contribution in [-0.2, 0) is 14.4 Å². The summed E-state index contributed by atoms with van der Waals surface area (Å²) in [6.45, 7) is 5.75. The van der Waals surface area contributed by atoms with Crippen LogP contribution in [0.1, 0.15) is 26.3 Å². The van der Waals surface area contributed by atoms with Crippen molar-refractivity contribution in [2.45, 2.75) is 25.6 Å². The molecule has 0 heterocycles. The van der Waals surface area contributed by atoms with Gasteiger partial charge in [-0.3, -0.25) is 4.79 Å². The molecule has 0 spiro atoms. The van der Waals surface area contributed by atoms with Crippen molar-refractivity contribution in [3.8, 4) is 11.1 Å². The van der Waals surface area contributed by atoms with Crippen LogP contribution in [0.15, 0.2) is 48.5 Å². The van der Waals surface area contributed by atoms with Gasteiger partial charge in [-0.15, -0.1) is 11.6 Å². The lowest BCUT2D eigenvalue weighted by Gasteiger charge is -2.28. The summed E-state index contributed by atoms with van der Waals surface area (Å²) in [5.74, 6) is -0.740. The van der Waals surface area contributed by atoms with Crippen molar-refractivity contribution >= 4 is 29.2 Å². The number of halogens is 2. The predicted molar refractivity (Wildman–Crippen MR) is 95.9 cm³/mol. The maximum atomic E-state index is 12.0. The van der Waals surface area contributed by atoms with Crippen molar-refractivity contribution in [2.75, 3.05) is 6.61 Å². The Morgan fingerprint density at radius 2 is 1.78 bits per heavy atom. The molecule has 2 unspecified atom stereocenters. The van der Waals surface area contributed by atoms with E-state index >= 15 is 0 Å². The first-order chi connectivity index (χ1) is 10.9. The van der Waals surface area contributed by atoms with E-state index < -0.39 is 10.8 Å². The number of alkyl halides is 1. The summed E-state index contributed by atoms with van der Waals surface area (Å²) in [6, 6.07) is 15.5. The van der Waals surface area contributed by atoms with Crippen LogP contribution in [0.4, 0.5) is 0 Å². The summed E-state index contributed by atoms with van der Waals surface area (Å²) in [5, 5.41) is 0.703. The highest BCUT2D eigenvalue weighted by molar-refractivity contribution is 6.33. The monoisotopic (exact) mass is 350 g/mol. The molecule has 2 aromatic rings. The van der Waals surface area contributed by atoms with Crippen molar-refractivity contribution < 1.29 is 9.53 Å². The molecule has 0 aliphatic carbocycles. The van der Waals surface area contributed by atoms with Gasteiger partial charge in [0.15, 0.2) is 0 Å². The van der Waals surface area contributed by atoms with E-state index in [1.807, 2.05) is 55.5 Å². The average Bonchev–Trinajstić information content (AvgIpc) is 2.55. The van der Waals surface area contributed by atoms with E-state index in [1.165, 1.54) is 0 Å². The van der Waals surface area contributed by atoms with E-state index in [2.05, 4.69) is 0 Å². The van der Waals surface area contributed by atoms with Gasteiger partial charge < -0.3 is 4.74 Å². The molecule has 23 heavy (non-hydrogen) atoms. The van der Waals surface area contributed by atoms with Crippen LogP contribution in [0.5, 0.6) is 0 Å².